The minimum absolute atomic E-state index is 0.326. The quantitative estimate of drug-likeness (QED) is 0.565. The first-order valence-corrected chi connectivity index (χ1v) is 10.4. The Bertz CT molecular complexity index is 819. The van der Waals surface area contributed by atoms with Crippen LogP contribution in [-0.4, -0.2) is 40.9 Å². The summed E-state index contributed by atoms with van der Waals surface area (Å²) in [5.74, 6) is 2.17. The van der Waals surface area contributed by atoms with Crippen molar-refractivity contribution in [2.24, 2.45) is 4.99 Å². The van der Waals surface area contributed by atoms with E-state index in [9.17, 15) is 0 Å². The topological polar surface area (TPSA) is 84.6 Å². The average molecular weight is 383 g/mol. The maximum Gasteiger partial charge on any atom is 0.257 e. The van der Waals surface area contributed by atoms with Gasteiger partial charge in [0.25, 0.3) is 5.89 Å². The van der Waals surface area contributed by atoms with E-state index in [0.29, 0.717) is 30.7 Å². The zero-order valence-electron chi connectivity index (χ0n) is 16.6. The highest BCUT2D eigenvalue weighted by Crippen LogP contribution is 2.34. The van der Waals surface area contributed by atoms with Gasteiger partial charge in [-0.25, -0.2) is 4.99 Å². The molecule has 0 radical (unpaired) electrons. The number of aryl methyl sites for hydroxylation is 1. The Hall–Kier alpha value is -2.41. The molecular weight excluding hydrogens is 354 g/mol. The number of ether oxygens (including phenoxy) is 1. The van der Waals surface area contributed by atoms with Crippen molar-refractivity contribution >= 4 is 5.96 Å². The summed E-state index contributed by atoms with van der Waals surface area (Å²) < 4.78 is 11.3. The molecular formula is C21H29N5O2. The molecule has 1 aromatic carbocycles. The predicted octanol–water partition coefficient (Wildman–Crippen LogP) is 3.06. The highest BCUT2D eigenvalue weighted by atomic mass is 16.5. The molecule has 2 aliphatic heterocycles. The summed E-state index contributed by atoms with van der Waals surface area (Å²) in [6.45, 7) is 5.60. The fraction of sp³-hybridized carbons (Fsp3) is 0.571. The van der Waals surface area contributed by atoms with Gasteiger partial charge in [-0.3, -0.25) is 0 Å². The molecule has 0 aliphatic carbocycles. The van der Waals surface area contributed by atoms with Crippen molar-refractivity contribution in [3.8, 4) is 11.5 Å². The van der Waals surface area contributed by atoms with Crippen LogP contribution in [0.2, 0.25) is 0 Å². The molecule has 28 heavy (non-hydrogen) atoms. The Morgan fingerprint density at radius 3 is 2.96 bits per heavy atom. The molecule has 7 heteroatoms. The molecule has 0 spiro atoms. The van der Waals surface area contributed by atoms with E-state index in [1.54, 1.807) is 0 Å². The lowest BCUT2D eigenvalue weighted by Gasteiger charge is -2.22. The number of nitrogens with one attached hydrogen (secondary N) is 2. The van der Waals surface area contributed by atoms with Crippen LogP contribution in [0.3, 0.4) is 0 Å². The lowest BCUT2D eigenvalue weighted by Crippen LogP contribution is -2.47. The third-order valence-electron chi connectivity index (χ3n) is 5.31. The van der Waals surface area contributed by atoms with Crippen LogP contribution in [0.25, 0.3) is 11.5 Å². The summed E-state index contributed by atoms with van der Waals surface area (Å²) in [7, 11) is 0. The number of benzene rings is 1. The molecule has 2 aromatic rings. The Kier molecular flexibility index (Phi) is 5.90. The summed E-state index contributed by atoms with van der Waals surface area (Å²) in [6.07, 6.45) is 6.00. The Morgan fingerprint density at radius 2 is 2.21 bits per heavy atom. The fourth-order valence-electron chi connectivity index (χ4n) is 3.95. The SMILES string of the molecule is CCCc1noc(-c2cccc(CN=C(NCC)NC3CC4CCC3O4)c2)n1. The summed E-state index contributed by atoms with van der Waals surface area (Å²) in [4.78, 5) is 9.25. The molecule has 4 rings (SSSR count). The number of aliphatic imine (C=N–C) groups is 1. The fourth-order valence-corrected chi connectivity index (χ4v) is 3.95. The molecule has 3 atom stereocenters. The lowest BCUT2D eigenvalue weighted by atomic mass is 9.96. The van der Waals surface area contributed by atoms with Crippen LogP contribution in [0.5, 0.6) is 0 Å². The lowest BCUT2D eigenvalue weighted by molar-refractivity contribution is 0.0992. The molecule has 1 aromatic heterocycles. The van der Waals surface area contributed by atoms with Crippen LogP contribution in [0.15, 0.2) is 33.8 Å². The molecule has 2 bridgehead atoms. The Labute approximate surface area is 166 Å². The van der Waals surface area contributed by atoms with E-state index in [0.717, 1.165) is 55.1 Å². The second kappa shape index (κ2) is 8.73. The normalized spacial score (nSPS) is 23.9. The first kappa shape index (κ1) is 18.9. The zero-order chi connectivity index (χ0) is 19.3. The number of hydrogen-bond donors (Lipinski definition) is 2. The van der Waals surface area contributed by atoms with E-state index >= 15 is 0 Å². The molecule has 150 valence electrons. The maximum absolute atomic E-state index is 5.94. The van der Waals surface area contributed by atoms with Crippen LogP contribution in [0.4, 0.5) is 0 Å². The highest BCUT2D eigenvalue weighted by molar-refractivity contribution is 5.80. The second-order valence-electron chi connectivity index (χ2n) is 7.52. The smallest absolute Gasteiger partial charge is 0.257 e. The number of rotatable bonds is 7. The Morgan fingerprint density at radius 1 is 1.29 bits per heavy atom. The molecule has 3 heterocycles. The van der Waals surface area contributed by atoms with Crippen molar-refractivity contribution in [3.05, 3.63) is 35.7 Å². The van der Waals surface area contributed by atoms with Gasteiger partial charge in [0, 0.05) is 18.5 Å². The molecule has 7 nitrogen and oxygen atoms in total. The van der Waals surface area contributed by atoms with E-state index in [-0.39, 0.29) is 0 Å². The van der Waals surface area contributed by atoms with Gasteiger partial charge in [0.1, 0.15) is 0 Å². The molecule has 2 fully saturated rings. The molecule has 0 amide bonds. The number of nitrogens with zero attached hydrogens (tertiary/aromatic N) is 3. The van der Waals surface area contributed by atoms with Crippen LogP contribution in [0.1, 0.15) is 50.9 Å². The van der Waals surface area contributed by atoms with Crippen molar-refractivity contribution in [3.63, 3.8) is 0 Å². The summed E-state index contributed by atoms with van der Waals surface area (Å²) >= 11 is 0. The number of hydrogen-bond acceptors (Lipinski definition) is 5. The van der Waals surface area contributed by atoms with Gasteiger partial charge in [0.2, 0.25) is 0 Å². The first-order valence-electron chi connectivity index (χ1n) is 10.4. The minimum Gasteiger partial charge on any atom is -0.373 e. The van der Waals surface area contributed by atoms with Gasteiger partial charge in [-0.2, -0.15) is 4.98 Å². The largest absolute Gasteiger partial charge is 0.373 e. The van der Waals surface area contributed by atoms with E-state index < -0.39 is 0 Å². The van der Waals surface area contributed by atoms with Gasteiger partial charge in [-0.15, -0.1) is 0 Å². The van der Waals surface area contributed by atoms with Gasteiger partial charge < -0.3 is 19.9 Å². The first-order chi connectivity index (χ1) is 13.7. The van der Waals surface area contributed by atoms with Crippen molar-refractivity contribution in [1.82, 2.24) is 20.8 Å². The van der Waals surface area contributed by atoms with Gasteiger partial charge in [-0.05, 0) is 50.3 Å². The molecule has 2 saturated heterocycles. The minimum atomic E-state index is 0.326. The van der Waals surface area contributed by atoms with Crippen LogP contribution >= 0.6 is 0 Å². The van der Waals surface area contributed by atoms with E-state index in [1.165, 1.54) is 6.42 Å². The van der Waals surface area contributed by atoms with Crippen molar-refractivity contribution < 1.29 is 9.26 Å². The number of aromatic nitrogens is 2. The summed E-state index contributed by atoms with van der Waals surface area (Å²) in [5, 5.41) is 10.9. The van der Waals surface area contributed by atoms with Crippen LogP contribution in [-0.2, 0) is 17.7 Å². The van der Waals surface area contributed by atoms with Gasteiger partial charge in [0.05, 0.1) is 24.8 Å². The molecule has 2 aliphatic rings. The second-order valence-corrected chi connectivity index (χ2v) is 7.52. The summed E-state index contributed by atoms with van der Waals surface area (Å²) in [5.41, 5.74) is 2.04. The van der Waals surface area contributed by atoms with Gasteiger partial charge in [0.15, 0.2) is 11.8 Å². The maximum atomic E-state index is 5.94. The number of fused-ring (bicyclic) bond motifs is 2. The van der Waals surface area contributed by atoms with E-state index in [2.05, 4.69) is 46.8 Å². The number of guanidine groups is 1. The Balaban J connectivity index is 1.42. The highest BCUT2D eigenvalue weighted by Gasteiger charge is 2.41. The monoisotopic (exact) mass is 383 g/mol. The van der Waals surface area contributed by atoms with E-state index in [1.807, 2.05) is 12.1 Å². The molecule has 0 saturated carbocycles. The van der Waals surface area contributed by atoms with Crippen LogP contribution in [0, 0.1) is 0 Å². The summed E-state index contributed by atoms with van der Waals surface area (Å²) in [6, 6.07) is 8.50. The molecule has 2 N–H and O–H groups in total. The zero-order valence-corrected chi connectivity index (χ0v) is 16.6. The molecule has 3 unspecified atom stereocenters. The van der Waals surface area contributed by atoms with Gasteiger partial charge >= 0.3 is 0 Å². The van der Waals surface area contributed by atoms with Gasteiger partial charge in [-0.1, -0.05) is 24.2 Å². The third kappa shape index (κ3) is 4.35. The van der Waals surface area contributed by atoms with Crippen molar-refractivity contribution in [2.45, 2.75) is 70.7 Å². The van der Waals surface area contributed by atoms with E-state index in [4.69, 9.17) is 14.3 Å². The third-order valence-corrected chi connectivity index (χ3v) is 5.31. The van der Waals surface area contributed by atoms with Crippen molar-refractivity contribution in [1.29, 1.82) is 0 Å². The van der Waals surface area contributed by atoms with Crippen molar-refractivity contribution in [2.75, 3.05) is 6.54 Å². The standard InChI is InChI=1S/C21H29N5O2/c1-3-6-19-25-20(28-26-19)15-8-5-7-14(11-15)13-23-21(22-4-2)24-17-12-16-9-10-18(17)27-16/h5,7-8,11,16-18H,3-4,6,9-10,12-13H2,1-2H3,(H2,22,23,24). The van der Waals surface area contributed by atoms with Crippen LogP contribution < -0.4 is 10.6 Å². The average Bonchev–Trinajstić information content (AvgIpc) is 3.44. The predicted molar refractivity (Wildman–Crippen MR) is 108 cm³/mol.